The molecule has 3 heteroatoms. The maximum absolute atomic E-state index is 6.80. The molecule has 0 N–H and O–H groups in total. The molecule has 2 rings (SSSR count). The SMILES string of the molecule is C=CCC(C)O[Si](OCCCCCCCCCCCCC)(c1ccccc1)c1ccccc1. The first-order valence-corrected chi connectivity index (χ1v) is 15.1. The molecule has 0 spiro atoms. The van der Waals surface area contributed by atoms with E-state index in [0.29, 0.717) is 0 Å². The zero-order valence-corrected chi connectivity index (χ0v) is 22.1. The molecule has 0 saturated heterocycles. The van der Waals surface area contributed by atoms with Gasteiger partial charge in [-0.1, -0.05) is 138 Å². The standard InChI is InChI=1S/C30H46O2Si/c1-4-6-7-8-9-10-11-12-13-14-21-27-31-33(32-28(3)22-5-2,29-23-17-15-18-24-29)30-25-19-16-20-26-30/h5,15-20,23-26,28H,2,4,6-14,21-22,27H2,1,3H3. The Morgan fingerprint density at radius 1 is 0.727 bits per heavy atom. The van der Waals surface area contributed by atoms with E-state index in [0.717, 1.165) is 19.4 Å². The third kappa shape index (κ3) is 10.00. The van der Waals surface area contributed by atoms with Gasteiger partial charge in [0.1, 0.15) is 0 Å². The molecule has 0 radical (unpaired) electrons. The Morgan fingerprint density at radius 3 is 1.64 bits per heavy atom. The molecule has 0 aliphatic rings. The van der Waals surface area contributed by atoms with E-state index < -0.39 is 8.56 Å². The van der Waals surface area contributed by atoms with E-state index in [9.17, 15) is 0 Å². The zero-order chi connectivity index (χ0) is 23.6. The van der Waals surface area contributed by atoms with Crippen molar-refractivity contribution >= 4 is 18.9 Å². The van der Waals surface area contributed by atoms with Gasteiger partial charge in [0, 0.05) is 12.7 Å². The van der Waals surface area contributed by atoms with Crippen LogP contribution in [0.1, 0.15) is 90.9 Å². The van der Waals surface area contributed by atoms with Crippen LogP contribution in [0.15, 0.2) is 73.3 Å². The molecule has 2 aromatic carbocycles. The normalized spacial score (nSPS) is 12.5. The summed E-state index contributed by atoms with van der Waals surface area (Å²) < 4.78 is 13.6. The fraction of sp³-hybridized carbons (Fsp3) is 0.533. The first-order chi connectivity index (χ1) is 16.2. The van der Waals surface area contributed by atoms with Gasteiger partial charge in [-0.2, -0.15) is 0 Å². The van der Waals surface area contributed by atoms with Crippen LogP contribution in [0.4, 0.5) is 0 Å². The Hall–Kier alpha value is -1.68. The van der Waals surface area contributed by atoms with E-state index >= 15 is 0 Å². The van der Waals surface area contributed by atoms with Crippen LogP contribution >= 0.6 is 0 Å². The van der Waals surface area contributed by atoms with Gasteiger partial charge in [0.05, 0.1) is 0 Å². The van der Waals surface area contributed by atoms with Crippen LogP contribution in [0.3, 0.4) is 0 Å². The summed E-state index contributed by atoms with van der Waals surface area (Å²) >= 11 is 0. The molecular weight excluding hydrogens is 420 g/mol. The van der Waals surface area contributed by atoms with E-state index in [4.69, 9.17) is 8.85 Å². The summed E-state index contributed by atoms with van der Waals surface area (Å²) in [6.07, 6.45) is 17.5. The van der Waals surface area contributed by atoms with E-state index in [1.54, 1.807) is 0 Å². The molecule has 2 nitrogen and oxygen atoms in total. The highest BCUT2D eigenvalue weighted by molar-refractivity contribution is 6.92. The molecule has 0 heterocycles. The van der Waals surface area contributed by atoms with Crippen LogP contribution in [-0.4, -0.2) is 21.3 Å². The fourth-order valence-corrected chi connectivity index (χ4v) is 7.73. The summed E-state index contributed by atoms with van der Waals surface area (Å²) in [5.74, 6) is 0. The molecule has 33 heavy (non-hydrogen) atoms. The van der Waals surface area contributed by atoms with Gasteiger partial charge in [0.15, 0.2) is 0 Å². The molecule has 182 valence electrons. The van der Waals surface area contributed by atoms with Crippen LogP contribution in [-0.2, 0) is 8.85 Å². The van der Waals surface area contributed by atoms with Crippen molar-refractivity contribution in [1.82, 2.24) is 0 Å². The predicted molar refractivity (Wildman–Crippen MR) is 146 cm³/mol. The Labute approximate surface area is 204 Å². The Kier molecular flexibility index (Phi) is 14.1. The Morgan fingerprint density at radius 2 is 1.18 bits per heavy atom. The monoisotopic (exact) mass is 466 g/mol. The topological polar surface area (TPSA) is 18.5 Å². The summed E-state index contributed by atoms with van der Waals surface area (Å²) in [7, 11) is -2.79. The number of hydrogen-bond donors (Lipinski definition) is 0. The average molecular weight is 467 g/mol. The average Bonchev–Trinajstić information content (AvgIpc) is 2.85. The zero-order valence-electron chi connectivity index (χ0n) is 21.1. The third-order valence-corrected chi connectivity index (χ3v) is 9.76. The molecule has 0 amide bonds. The molecule has 0 aliphatic heterocycles. The van der Waals surface area contributed by atoms with Crippen LogP contribution in [0.5, 0.6) is 0 Å². The van der Waals surface area contributed by atoms with Gasteiger partial charge < -0.3 is 8.85 Å². The molecule has 2 aromatic rings. The number of unbranched alkanes of at least 4 members (excludes halogenated alkanes) is 10. The van der Waals surface area contributed by atoms with Crippen molar-refractivity contribution in [2.24, 2.45) is 0 Å². The van der Waals surface area contributed by atoms with Gasteiger partial charge in [0.25, 0.3) is 0 Å². The first-order valence-electron chi connectivity index (χ1n) is 13.3. The maximum atomic E-state index is 6.80. The summed E-state index contributed by atoms with van der Waals surface area (Å²) in [5.41, 5.74) is 0. The van der Waals surface area contributed by atoms with Crippen LogP contribution in [0, 0.1) is 0 Å². The summed E-state index contributed by atoms with van der Waals surface area (Å²) in [5, 5.41) is 2.35. The lowest BCUT2D eigenvalue weighted by molar-refractivity contribution is 0.141. The van der Waals surface area contributed by atoms with Gasteiger partial charge >= 0.3 is 8.56 Å². The lowest BCUT2D eigenvalue weighted by atomic mass is 10.1. The Balaban J connectivity index is 1.91. The quantitative estimate of drug-likeness (QED) is 0.121. The van der Waals surface area contributed by atoms with Crippen molar-refractivity contribution in [1.29, 1.82) is 0 Å². The smallest absolute Gasteiger partial charge is 0.388 e. The van der Waals surface area contributed by atoms with Crippen molar-refractivity contribution in [2.75, 3.05) is 6.61 Å². The minimum atomic E-state index is -2.79. The van der Waals surface area contributed by atoms with Crippen molar-refractivity contribution in [3.05, 3.63) is 73.3 Å². The second-order valence-corrected chi connectivity index (χ2v) is 12.1. The van der Waals surface area contributed by atoms with Gasteiger partial charge in [0.2, 0.25) is 0 Å². The van der Waals surface area contributed by atoms with E-state index in [1.807, 2.05) is 6.08 Å². The molecule has 0 saturated carbocycles. The van der Waals surface area contributed by atoms with Crippen molar-refractivity contribution in [3.63, 3.8) is 0 Å². The van der Waals surface area contributed by atoms with Crippen molar-refractivity contribution in [3.8, 4) is 0 Å². The third-order valence-electron chi connectivity index (χ3n) is 6.23. The number of rotatable bonds is 19. The van der Waals surface area contributed by atoms with Crippen LogP contribution in [0.25, 0.3) is 0 Å². The molecule has 0 aromatic heterocycles. The molecule has 0 bridgehead atoms. The molecular formula is C30H46O2Si. The molecule has 0 fully saturated rings. The van der Waals surface area contributed by atoms with E-state index in [1.165, 1.54) is 74.6 Å². The molecule has 1 unspecified atom stereocenters. The summed E-state index contributed by atoms with van der Waals surface area (Å²) in [6, 6.07) is 21.2. The highest BCUT2D eigenvalue weighted by atomic mass is 28.4. The number of hydrogen-bond acceptors (Lipinski definition) is 2. The lowest BCUT2D eigenvalue weighted by Gasteiger charge is -2.34. The second kappa shape index (κ2) is 16.9. The lowest BCUT2D eigenvalue weighted by Crippen LogP contribution is -2.64. The minimum absolute atomic E-state index is 0.0619. The summed E-state index contributed by atoms with van der Waals surface area (Å²) in [6.45, 7) is 9.06. The highest BCUT2D eigenvalue weighted by Crippen LogP contribution is 2.17. The summed E-state index contributed by atoms with van der Waals surface area (Å²) in [4.78, 5) is 0. The predicted octanol–water partition coefficient (Wildman–Crippen LogP) is 7.55. The second-order valence-electron chi connectivity index (χ2n) is 9.19. The van der Waals surface area contributed by atoms with Gasteiger partial charge in [-0.05, 0) is 30.1 Å². The van der Waals surface area contributed by atoms with E-state index in [2.05, 4.69) is 81.1 Å². The van der Waals surface area contributed by atoms with Gasteiger partial charge in [-0.3, -0.25) is 0 Å². The van der Waals surface area contributed by atoms with Crippen molar-refractivity contribution < 1.29 is 8.85 Å². The van der Waals surface area contributed by atoms with Gasteiger partial charge in [-0.15, -0.1) is 6.58 Å². The Bertz CT molecular complexity index is 692. The van der Waals surface area contributed by atoms with Crippen LogP contribution < -0.4 is 10.4 Å². The number of benzene rings is 2. The minimum Gasteiger partial charge on any atom is -0.388 e. The first kappa shape index (κ1) is 27.6. The molecule has 0 aliphatic carbocycles. The molecule has 1 atom stereocenters. The van der Waals surface area contributed by atoms with E-state index in [-0.39, 0.29) is 6.10 Å². The van der Waals surface area contributed by atoms with Crippen LogP contribution in [0.2, 0.25) is 0 Å². The maximum Gasteiger partial charge on any atom is 0.407 e. The van der Waals surface area contributed by atoms with Gasteiger partial charge in [-0.25, -0.2) is 0 Å². The largest absolute Gasteiger partial charge is 0.407 e. The fourth-order valence-electron chi connectivity index (χ4n) is 4.37. The van der Waals surface area contributed by atoms with Crippen molar-refractivity contribution in [2.45, 2.75) is 97.0 Å². The highest BCUT2D eigenvalue weighted by Gasteiger charge is 2.43.